The Balaban J connectivity index is 2.12. The van der Waals surface area contributed by atoms with E-state index in [1.807, 2.05) is 26.8 Å². The molecule has 0 atom stereocenters. The largest absolute Gasteiger partial charge is 0.373 e. The highest BCUT2D eigenvalue weighted by molar-refractivity contribution is 6.35. The van der Waals surface area contributed by atoms with Crippen LogP contribution in [-0.2, 0) is 16.1 Å². The van der Waals surface area contributed by atoms with E-state index in [9.17, 15) is 9.59 Å². The van der Waals surface area contributed by atoms with Crippen LogP contribution in [0.4, 0.5) is 5.82 Å². The fourth-order valence-electron chi connectivity index (χ4n) is 2.33. The minimum Gasteiger partial charge on any atom is -0.373 e. The normalized spacial score (nSPS) is 15.9. The highest BCUT2D eigenvalue weighted by atomic mass is 16.2. The monoisotopic (exact) mass is 291 g/mol. The van der Waals surface area contributed by atoms with Gasteiger partial charge in [-0.3, -0.25) is 9.59 Å². The second kappa shape index (κ2) is 6.07. The number of carbonyl (C=O) groups excluding carboxylic acids is 2. The maximum atomic E-state index is 12.1. The molecule has 0 unspecified atom stereocenters. The molecule has 2 heterocycles. The molecule has 0 bridgehead atoms. The molecule has 21 heavy (non-hydrogen) atoms. The van der Waals surface area contributed by atoms with E-state index >= 15 is 0 Å². The van der Waals surface area contributed by atoms with Crippen molar-refractivity contribution in [1.29, 1.82) is 0 Å². The molecule has 7 heteroatoms. The smallest absolute Gasteiger partial charge is 0.312 e. The summed E-state index contributed by atoms with van der Waals surface area (Å²) in [6, 6.07) is 1.86. The molecular formula is C14H21N5O2. The highest BCUT2D eigenvalue weighted by Crippen LogP contribution is 2.13. The van der Waals surface area contributed by atoms with Gasteiger partial charge >= 0.3 is 11.8 Å². The molecule has 0 aromatic carbocycles. The molecule has 2 amide bonds. The number of aryl methyl sites for hydroxylation is 1. The molecule has 0 radical (unpaired) electrons. The Morgan fingerprint density at radius 3 is 2.57 bits per heavy atom. The quantitative estimate of drug-likeness (QED) is 0.813. The molecule has 0 aliphatic carbocycles. The van der Waals surface area contributed by atoms with Gasteiger partial charge < -0.3 is 15.1 Å². The summed E-state index contributed by atoms with van der Waals surface area (Å²) in [5.74, 6) is 0.319. The van der Waals surface area contributed by atoms with Crippen molar-refractivity contribution in [3.63, 3.8) is 0 Å². The van der Waals surface area contributed by atoms with Crippen molar-refractivity contribution in [2.24, 2.45) is 0 Å². The van der Waals surface area contributed by atoms with Crippen LogP contribution in [0.25, 0.3) is 0 Å². The molecule has 0 saturated carbocycles. The SMILES string of the molecule is CNc1cc(C)nc(CN2CCN(C(C)C)C(=O)C2=O)n1. The summed E-state index contributed by atoms with van der Waals surface area (Å²) in [6.45, 7) is 7.00. The van der Waals surface area contributed by atoms with Gasteiger partial charge in [0, 0.05) is 37.9 Å². The first-order valence-corrected chi connectivity index (χ1v) is 7.04. The van der Waals surface area contributed by atoms with Crippen molar-refractivity contribution in [1.82, 2.24) is 19.8 Å². The van der Waals surface area contributed by atoms with Crippen LogP contribution in [0.5, 0.6) is 0 Å². The summed E-state index contributed by atoms with van der Waals surface area (Å²) < 4.78 is 0. The van der Waals surface area contributed by atoms with Gasteiger partial charge in [-0.2, -0.15) is 0 Å². The van der Waals surface area contributed by atoms with Gasteiger partial charge in [-0.1, -0.05) is 0 Å². The lowest BCUT2D eigenvalue weighted by molar-refractivity contribution is -0.157. The molecule has 1 aromatic rings. The first-order chi connectivity index (χ1) is 9.92. The number of aromatic nitrogens is 2. The molecule has 2 rings (SSSR count). The van der Waals surface area contributed by atoms with E-state index in [-0.39, 0.29) is 12.6 Å². The number of rotatable bonds is 4. The molecule has 1 fully saturated rings. The minimum absolute atomic E-state index is 0.0368. The Bertz CT molecular complexity index is 558. The molecular weight excluding hydrogens is 270 g/mol. The van der Waals surface area contributed by atoms with Crippen molar-refractivity contribution in [2.45, 2.75) is 33.4 Å². The summed E-state index contributed by atoms with van der Waals surface area (Å²) in [5.41, 5.74) is 0.823. The molecule has 1 N–H and O–H groups in total. The van der Waals surface area contributed by atoms with Crippen molar-refractivity contribution < 1.29 is 9.59 Å². The van der Waals surface area contributed by atoms with Gasteiger partial charge in [0.15, 0.2) is 0 Å². The number of anilines is 1. The zero-order valence-electron chi connectivity index (χ0n) is 12.9. The van der Waals surface area contributed by atoms with Gasteiger partial charge in [0.25, 0.3) is 0 Å². The van der Waals surface area contributed by atoms with E-state index in [0.29, 0.717) is 24.7 Å². The van der Waals surface area contributed by atoms with Gasteiger partial charge in [-0.05, 0) is 20.8 Å². The fourth-order valence-corrected chi connectivity index (χ4v) is 2.33. The van der Waals surface area contributed by atoms with Gasteiger partial charge in [0.1, 0.15) is 11.6 Å². The first kappa shape index (κ1) is 15.2. The topological polar surface area (TPSA) is 78.4 Å². The minimum atomic E-state index is -0.480. The molecule has 114 valence electrons. The van der Waals surface area contributed by atoms with Crippen LogP contribution >= 0.6 is 0 Å². The van der Waals surface area contributed by atoms with Crippen LogP contribution in [0.1, 0.15) is 25.4 Å². The number of nitrogens with zero attached hydrogens (tertiary/aromatic N) is 4. The molecule has 0 spiro atoms. The van der Waals surface area contributed by atoms with Crippen molar-refractivity contribution >= 4 is 17.6 Å². The predicted octanol–water partition coefficient (Wildman–Crippen LogP) is 0.406. The number of amides is 2. The summed E-state index contributed by atoms with van der Waals surface area (Å²) in [6.07, 6.45) is 0. The number of hydrogen-bond donors (Lipinski definition) is 1. The standard InChI is InChI=1S/C14H21N5O2/c1-9(2)19-6-5-18(13(20)14(19)21)8-12-16-10(3)7-11(15-4)17-12/h7,9H,5-6,8H2,1-4H3,(H,15,16,17). The Labute approximate surface area is 124 Å². The van der Waals surface area contributed by atoms with Gasteiger partial charge in [-0.25, -0.2) is 9.97 Å². The Morgan fingerprint density at radius 1 is 1.24 bits per heavy atom. The number of nitrogens with one attached hydrogen (secondary N) is 1. The molecule has 1 saturated heterocycles. The third-order valence-corrected chi connectivity index (χ3v) is 3.45. The van der Waals surface area contributed by atoms with E-state index in [1.54, 1.807) is 11.9 Å². The van der Waals surface area contributed by atoms with Crippen molar-refractivity contribution in [3.05, 3.63) is 17.6 Å². The van der Waals surface area contributed by atoms with E-state index in [0.717, 1.165) is 5.69 Å². The number of hydrogen-bond acceptors (Lipinski definition) is 5. The van der Waals surface area contributed by atoms with Gasteiger partial charge in [0.2, 0.25) is 0 Å². The van der Waals surface area contributed by atoms with Crippen LogP contribution in [0.3, 0.4) is 0 Å². The Morgan fingerprint density at radius 2 is 1.95 bits per heavy atom. The molecule has 7 nitrogen and oxygen atoms in total. The number of carbonyl (C=O) groups is 2. The van der Waals surface area contributed by atoms with Crippen LogP contribution < -0.4 is 5.32 Å². The van der Waals surface area contributed by atoms with Crippen LogP contribution in [0, 0.1) is 6.92 Å². The first-order valence-electron chi connectivity index (χ1n) is 7.04. The summed E-state index contributed by atoms with van der Waals surface area (Å²) in [4.78, 5) is 35.9. The van der Waals surface area contributed by atoms with Crippen LogP contribution in [0.15, 0.2) is 6.07 Å². The van der Waals surface area contributed by atoms with Crippen molar-refractivity contribution in [3.8, 4) is 0 Å². The van der Waals surface area contributed by atoms with E-state index < -0.39 is 11.8 Å². The fraction of sp³-hybridized carbons (Fsp3) is 0.571. The van der Waals surface area contributed by atoms with Gasteiger partial charge in [-0.15, -0.1) is 0 Å². The highest BCUT2D eigenvalue weighted by Gasteiger charge is 2.34. The van der Waals surface area contributed by atoms with Gasteiger partial charge in [0.05, 0.1) is 6.54 Å². The van der Waals surface area contributed by atoms with E-state index in [4.69, 9.17) is 0 Å². The lowest BCUT2D eigenvalue weighted by atomic mass is 10.2. The Hall–Kier alpha value is -2.18. The predicted molar refractivity (Wildman–Crippen MR) is 78.6 cm³/mol. The average molecular weight is 291 g/mol. The maximum Gasteiger partial charge on any atom is 0.312 e. The maximum absolute atomic E-state index is 12.1. The second-order valence-corrected chi connectivity index (χ2v) is 5.38. The summed E-state index contributed by atoms with van der Waals surface area (Å²) >= 11 is 0. The van der Waals surface area contributed by atoms with Crippen LogP contribution in [-0.4, -0.2) is 57.8 Å². The molecule has 1 aliphatic heterocycles. The third kappa shape index (κ3) is 3.29. The van der Waals surface area contributed by atoms with Crippen LogP contribution in [0.2, 0.25) is 0 Å². The van der Waals surface area contributed by atoms with E-state index in [2.05, 4.69) is 15.3 Å². The van der Waals surface area contributed by atoms with E-state index in [1.165, 1.54) is 4.90 Å². The van der Waals surface area contributed by atoms with Crippen molar-refractivity contribution in [2.75, 3.05) is 25.5 Å². The Kier molecular flexibility index (Phi) is 4.40. The lowest BCUT2D eigenvalue weighted by Gasteiger charge is -2.35. The zero-order valence-corrected chi connectivity index (χ0v) is 12.9. The summed E-state index contributed by atoms with van der Waals surface area (Å²) in [7, 11) is 1.78. The third-order valence-electron chi connectivity index (χ3n) is 3.45. The zero-order chi connectivity index (χ0) is 15.6. The average Bonchev–Trinajstić information content (AvgIpc) is 2.43. The molecule has 1 aromatic heterocycles. The number of piperazine rings is 1. The lowest BCUT2D eigenvalue weighted by Crippen LogP contribution is -2.55. The molecule has 1 aliphatic rings. The summed E-state index contributed by atoms with van der Waals surface area (Å²) in [5, 5.41) is 2.96. The second-order valence-electron chi connectivity index (χ2n) is 5.38.